The van der Waals surface area contributed by atoms with E-state index in [0.717, 1.165) is 57.3 Å². The maximum Gasteiger partial charge on any atom is 0.243 e. The van der Waals surface area contributed by atoms with Crippen LogP contribution in [0.2, 0.25) is 0 Å². The summed E-state index contributed by atoms with van der Waals surface area (Å²) in [5.41, 5.74) is 1.02. The predicted octanol–water partition coefficient (Wildman–Crippen LogP) is 2.48. The van der Waals surface area contributed by atoms with Crippen molar-refractivity contribution in [2.24, 2.45) is 0 Å². The van der Waals surface area contributed by atoms with Crippen LogP contribution in [0.4, 0.5) is 0 Å². The van der Waals surface area contributed by atoms with E-state index < -0.39 is 10.0 Å². The van der Waals surface area contributed by atoms with Crippen LogP contribution in [0.5, 0.6) is 0 Å². The second-order valence-electron chi connectivity index (χ2n) is 7.97. The number of carbonyl (C=O) groups excluding carboxylic acids is 1. The van der Waals surface area contributed by atoms with Gasteiger partial charge < -0.3 is 9.80 Å². The molecule has 0 aromatic heterocycles. The Morgan fingerprint density at radius 2 is 1.64 bits per heavy atom. The first-order valence-electron chi connectivity index (χ1n) is 10.5. The molecule has 28 heavy (non-hydrogen) atoms. The first kappa shape index (κ1) is 21.3. The maximum absolute atomic E-state index is 13.4. The topological polar surface area (TPSA) is 60.9 Å². The van der Waals surface area contributed by atoms with E-state index in [4.69, 9.17) is 0 Å². The van der Waals surface area contributed by atoms with Crippen LogP contribution in [0.15, 0.2) is 29.2 Å². The minimum Gasteiger partial charge on any atom is -0.339 e. The first-order valence-corrected chi connectivity index (χ1v) is 11.9. The van der Waals surface area contributed by atoms with Crippen molar-refractivity contribution in [1.82, 2.24) is 14.1 Å². The molecule has 0 radical (unpaired) electrons. The molecular weight excluding hydrogens is 374 g/mol. The fourth-order valence-corrected chi connectivity index (χ4v) is 5.81. The van der Waals surface area contributed by atoms with Gasteiger partial charge in [0.2, 0.25) is 15.9 Å². The second-order valence-corrected chi connectivity index (χ2v) is 9.86. The van der Waals surface area contributed by atoms with Gasteiger partial charge in [-0.15, -0.1) is 0 Å². The van der Waals surface area contributed by atoms with Gasteiger partial charge in [0.25, 0.3) is 0 Å². The van der Waals surface area contributed by atoms with Gasteiger partial charge in [-0.25, -0.2) is 8.42 Å². The summed E-state index contributed by atoms with van der Waals surface area (Å²) in [6.45, 7) is 8.06. The zero-order valence-corrected chi connectivity index (χ0v) is 18.0. The van der Waals surface area contributed by atoms with Crippen LogP contribution in [-0.2, 0) is 14.8 Å². The molecule has 0 atom stereocenters. The van der Waals surface area contributed by atoms with Gasteiger partial charge in [0.15, 0.2) is 0 Å². The number of likely N-dealkylation sites (N-methyl/N-ethyl adjacent to an activating group) is 1. The normalized spacial score (nSPS) is 19.9. The molecule has 2 fully saturated rings. The molecule has 2 aliphatic rings. The fraction of sp³-hybridized carbons (Fsp3) is 0.667. The predicted molar refractivity (Wildman–Crippen MR) is 111 cm³/mol. The van der Waals surface area contributed by atoms with Crippen molar-refractivity contribution < 1.29 is 13.2 Å². The molecule has 7 heteroatoms. The Balaban J connectivity index is 1.79. The van der Waals surface area contributed by atoms with Gasteiger partial charge in [-0.3, -0.25) is 4.79 Å². The second kappa shape index (κ2) is 9.37. The summed E-state index contributed by atoms with van der Waals surface area (Å²) in [6, 6.07) is 6.87. The van der Waals surface area contributed by atoms with Gasteiger partial charge in [0.05, 0.1) is 11.4 Å². The van der Waals surface area contributed by atoms with Crippen molar-refractivity contribution >= 4 is 15.9 Å². The van der Waals surface area contributed by atoms with Crippen LogP contribution < -0.4 is 0 Å². The third kappa shape index (κ3) is 4.93. The number of sulfonamides is 1. The highest BCUT2D eigenvalue weighted by molar-refractivity contribution is 7.89. The van der Waals surface area contributed by atoms with E-state index in [-0.39, 0.29) is 23.4 Å². The van der Waals surface area contributed by atoms with Gasteiger partial charge in [-0.05, 0) is 38.4 Å². The number of benzene rings is 1. The number of hydrogen-bond acceptors (Lipinski definition) is 4. The average molecular weight is 408 g/mol. The Morgan fingerprint density at radius 1 is 1.04 bits per heavy atom. The molecule has 1 aliphatic heterocycles. The van der Waals surface area contributed by atoms with Crippen LogP contribution in [-0.4, -0.2) is 73.7 Å². The molecule has 6 nitrogen and oxygen atoms in total. The molecule has 1 saturated heterocycles. The van der Waals surface area contributed by atoms with Crippen molar-refractivity contribution in [1.29, 1.82) is 0 Å². The van der Waals surface area contributed by atoms with E-state index in [2.05, 4.69) is 11.8 Å². The zero-order valence-electron chi connectivity index (χ0n) is 17.1. The molecule has 0 N–H and O–H groups in total. The van der Waals surface area contributed by atoms with Gasteiger partial charge >= 0.3 is 0 Å². The molecular formula is C21H33N3O3S. The lowest BCUT2D eigenvalue weighted by Gasteiger charge is -2.37. The largest absolute Gasteiger partial charge is 0.339 e. The van der Waals surface area contributed by atoms with Crippen LogP contribution >= 0.6 is 0 Å². The highest BCUT2D eigenvalue weighted by Crippen LogP contribution is 2.28. The molecule has 0 unspecified atom stereocenters. The minimum absolute atomic E-state index is 0.0486. The smallest absolute Gasteiger partial charge is 0.243 e. The Bertz CT molecular complexity index is 750. The standard InChI is InChI=1S/C21H33N3O3S/c1-3-22-13-15-23(16-14-22)21(25)17-24(19-7-5-4-6-8-19)28(26,27)20-11-9-18(2)10-12-20/h9-12,19H,3-8,13-17H2,1-2H3. The summed E-state index contributed by atoms with van der Waals surface area (Å²) in [5.74, 6) is -0.0722. The molecule has 1 aromatic rings. The van der Waals surface area contributed by atoms with Crippen molar-refractivity contribution in [3.63, 3.8) is 0 Å². The quantitative estimate of drug-likeness (QED) is 0.727. The van der Waals surface area contributed by atoms with Crippen LogP contribution in [0.3, 0.4) is 0 Å². The minimum atomic E-state index is -3.69. The van der Waals surface area contributed by atoms with Gasteiger partial charge in [-0.2, -0.15) is 4.31 Å². The van der Waals surface area contributed by atoms with E-state index in [0.29, 0.717) is 13.1 Å². The number of rotatable bonds is 6. The van der Waals surface area contributed by atoms with E-state index in [9.17, 15) is 13.2 Å². The van der Waals surface area contributed by atoms with Crippen molar-refractivity contribution in [3.05, 3.63) is 29.8 Å². The van der Waals surface area contributed by atoms with Crippen LogP contribution in [0.1, 0.15) is 44.6 Å². The lowest BCUT2D eigenvalue weighted by Crippen LogP contribution is -2.53. The van der Waals surface area contributed by atoms with Crippen LogP contribution in [0.25, 0.3) is 0 Å². The summed E-state index contributed by atoms with van der Waals surface area (Å²) in [7, 11) is -3.69. The van der Waals surface area contributed by atoms with E-state index in [1.165, 1.54) is 4.31 Å². The van der Waals surface area contributed by atoms with Gasteiger partial charge in [0.1, 0.15) is 0 Å². The Morgan fingerprint density at radius 3 is 2.21 bits per heavy atom. The van der Waals surface area contributed by atoms with E-state index in [1.807, 2.05) is 24.0 Å². The van der Waals surface area contributed by atoms with E-state index in [1.54, 1.807) is 12.1 Å². The summed E-state index contributed by atoms with van der Waals surface area (Å²) >= 11 is 0. The fourth-order valence-electron chi connectivity index (χ4n) is 4.17. The Kier molecular flexibility index (Phi) is 7.12. The summed E-state index contributed by atoms with van der Waals surface area (Å²) < 4.78 is 28.3. The lowest BCUT2D eigenvalue weighted by atomic mass is 9.95. The molecule has 1 aliphatic carbocycles. The number of hydrogen-bond donors (Lipinski definition) is 0. The van der Waals surface area contributed by atoms with Crippen molar-refractivity contribution in [2.75, 3.05) is 39.3 Å². The molecule has 1 aromatic carbocycles. The number of carbonyl (C=O) groups is 1. The first-order chi connectivity index (χ1) is 13.4. The molecule has 1 saturated carbocycles. The van der Waals surface area contributed by atoms with Gasteiger partial charge in [-0.1, -0.05) is 43.9 Å². The van der Waals surface area contributed by atoms with Gasteiger partial charge in [0, 0.05) is 32.2 Å². The number of aryl methyl sites for hydroxylation is 1. The summed E-state index contributed by atoms with van der Waals surface area (Å²) in [5, 5.41) is 0. The molecule has 1 heterocycles. The third-order valence-electron chi connectivity index (χ3n) is 6.07. The van der Waals surface area contributed by atoms with Crippen molar-refractivity contribution in [3.8, 4) is 0 Å². The SMILES string of the molecule is CCN1CCN(C(=O)CN(C2CCCCC2)S(=O)(=O)c2ccc(C)cc2)CC1. The maximum atomic E-state index is 13.4. The molecule has 0 bridgehead atoms. The average Bonchev–Trinajstić information content (AvgIpc) is 2.72. The van der Waals surface area contributed by atoms with Crippen molar-refractivity contribution in [2.45, 2.75) is 56.9 Å². The molecule has 156 valence electrons. The van der Waals surface area contributed by atoms with Crippen LogP contribution in [0, 0.1) is 6.92 Å². The highest BCUT2D eigenvalue weighted by Gasteiger charge is 2.35. The molecule has 1 amide bonds. The molecule has 0 spiro atoms. The zero-order chi connectivity index (χ0) is 20.1. The molecule has 3 rings (SSSR count). The lowest BCUT2D eigenvalue weighted by molar-refractivity contribution is -0.133. The monoisotopic (exact) mass is 407 g/mol. The number of amides is 1. The highest BCUT2D eigenvalue weighted by atomic mass is 32.2. The Labute approximate surface area is 169 Å². The van der Waals surface area contributed by atoms with E-state index >= 15 is 0 Å². The third-order valence-corrected chi connectivity index (χ3v) is 7.99. The number of nitrogens with zero attached hydrogens (tertiary/aromatic N) is 3. The summed E-state index contributed by atoms with van der Waals surface area (Å²) in [6.07, 6.45) is 4.85. The number of piperazine rings is 1. The Hall–Kier alpha value is -1.44. The summed E-state index contributed by atoms with van der Waals surface area (Å²) in [4.78, 5) is 17.4.